The van der Waals surface area contributed by atoms with Crippen molar-refractivity contribution in [2.45, 2.75) is 0 Å². The maximum atomic E-state index is 5.19. The van der Waals surface area contributed by atoms with Crippen LogP contribution in [0, 0.1) is 0 Å². The molecule has 0 bridgehead atoms. The average Bonchev–Trinajstić information content (AvgIpc) is 4.43. The van der Waals surface area contributed by atoms with Crippen LogP contribution in [0.1, 0.15) is 0 Å². The lowest BCUT2D eigenvalue weighted by molar-refractivity contribution is 1.07. The Morgan fingerprint density at radius 1 is 0.211 bits per heavy atom. The molecule has 0 aliphatic rings. The molecule has 0 spiro atoms. The lowest BCUT2D eigenvalue weighted by Gasteiger charge is -2.12. The van der Waals surface area contributed by atoms with Crippen molar-refractivity contribution in [3.63, 3.8) is 0 Å². The maximum Gasteiger partial charge on any atom is 0.164 e. The van der Waals surface area contributed by atoms with E-state index in [0.717, 1.165) is 77.8 Å². The zero-order valence-electron chi connectivity index (χ0n) is 41.0. The Morgan fingerprint density at radius 3 is 1.05 bits per heavy atom. The summed E-state index contributed by atoms with van der Waals surface area (Å²) in [5, 5.41) is 9.43. The standard InChI is InChI=1S/C69H43N7/c1-6-20-44(21-7-1)67-70-68(45-22-8-2-9-23-45)72-69(71-67)46-34-38-59-55(42-46)51-36-40-62-64(54-31-17-19-33-58(54)74(62)48-26-12-4-13-27-48)66(51)76(59)50-35-39-60-56(43-50)52-37-41-61-63(65(52)75(60)49-28-14-5-15-29-49)53-30-16-18-32-57(53)73(61)47-24-10-3-11-25-47/h1-43H. The Balaban J connectivity index is 1.01. The molecule has 5 heterocycles. The molecule has 0 fully saturated rings. The molecule has 0 unspecified atom stereocenters. The number of fused-ring (bicyclic) bond motifs is 14. The molecule has 5 aromatic heterocycles. The number of nitrogens with zero attached hydrogens (tertiary/aromatic N) is 7. The maximum absolute atomic E-state index is 5.19. The average molecular weight is 970 g/mol. The van der Waals surface area contributed by atoms with Gasteiger partial charge in [-0.1, -0.05) is 164 Å². The number of hydrogen-bond acceptors (Lipinski definition) is 3. The van der Waals surface area contributed by atoms with Crippen LogP contribution in [-0.4, -0.2) is 33.2 Å². The molecule has 0 radical (unpaired) electrons. The van der Waals surface area contributed by atoms with Gasteiger partial charge in [-0.2, -0.15) is 0 Å². The molecular weight excluding hydrogens is 927 g/mol. The van der Waals surface area contributed by atoms with Gasteiger partial charge in [0.25, 0.3) is 0 Å². The van der Waals surface area contributed by atoms with Gasteiger partial charge in [-0.3, -0.25) is 0 Å². The van der Waals surface area contributed by atoms with Crippen LogP contribution in [-0.2, 0) is 0 Å². The Bertz CT molecular complexity index is 4900. The Hall–Kier alpha value is -10.4. The van der Waals surface area contributed by atoms with Crippen LogP contribution in [0.2, 0.25) is 0 Å². The van der Waals surface area contributed by atoms with E-state index < -0.39 is 0 Å². The normalized spacial score (nSPS) is 11.9. The van der Waals surface area contributed by atoms with Gasteiger partial charge >= 0.3 is 0 Å². The van der Waals surface area contributed by atoms with E-state index in [1.165, 1.54) is 48.9 Å². The molecule has 76 heavy (non-hydrogen) atoms. The van der Waals surface area contributed by atoms with Crippen LogP contribution in [0.3, 0.4) is 0 Å². The predicted octanol–water partition coefficient (Wildman–Crippen LogP) is 17.3. The lowest BCUT2D eigenvalue weighted by atomic mass is 10.1. The van der Waals surface area contributed by atoms with Gasteiger partial charge in [-0.15, -0.1) is 0 Å². The molecule has 0 N–H and O–H groups in total. The van der Waals surface area contributed by atoms with Crippen molar-refractivity contribution in [3.8, 4) is 56.9 Å². The molecule has 7 nitrogen and oxygen atoms in total. The van der Waals surface area contributed by atoms with Gasteiger partial charge < -0.3 is 18.3 Å². The first kappa shape index (κ1) is 42.2. The zero-order chi connectivity index (χ0) is 49.8. The lowest BCUT2D eigenvalue weighted by Crippen LogP contribution is -2.00. The van der Waals surface area contributed by atoms with Crippen molar-refractivity contribution in [1.29, 1.82) is 0 Å². The van der Waals surface area contributed by atoms with Gasteiger partial charge in [0.05, 0.1) is 44.1 Å². The van der Waals surface area contributed by atoms with Crippen molar-refractivity contribution in [3.05, 3.63) is 261 Å². The molecule has 0 amide bonds. The number of rotatable bonds is 7. The molecule has 0 aliphatic heterocycles. The second-order valence-electron chi connectivity index (χ2n) is 19.6. The van der Waals surface area contributed by atoms with E-state index in [9.17, 15) is 0 Å². The summed E-state index contributed by atoms with van der Waals surface area (Å²) in [4.78, 5) is 15.4. The largest absolute Gasteiger partial charge is 0.309 e. The first-order valence-electron chi connectivity index (χ1n) is 25.8. The van der Waals surface area contributed by atoms with Gasteiger partial charge in [0, 0.05) is 82.5 Å². The summed E-state index contributed by atoms with van der Waals surface area (Å²) in [7, 11) is 0. The molecule has 0 aliphatic carbocycles. The second-order valence-corrected chi connectivity index (χ2v) is 19.6. The first-order valence-corrected chi connectivity index (χ1v) is 25.8. The van der Waals surface area contributed by atoms with Crippen molar-refractivity contribution in [2.24, 2.45) is 0 Å². The highest BCUT2D eigenvalue weighted by Gasteiger charge is 2.25. The monoisotopic (exact) mass is 969 g/mol. The van der Waals surface area contributed by atoms with Gasteiger partial charge in [0.2, 0.25) is 0 Å². The molecule has 0 saturated carbocycles. The van der Waals surface area contributed by atoms with Gasteiger partial charge in [0.1, 0.15) is 0 Å². The fraction of sp³-hybridized carbons (Fsp3) is 0. The molecule has 0 atom stereocenters. The van der Waals surface area contributed by atoms with Crippen LogP contribution in [0.25, 0.3) is 144 Å². The first-order chi connectivity index (χ1) is 37.7. The highest BCUT2D eigenvalue weighted by Crippen LogP contribution is 2.46. The summed E-state index contributed by atoms with van der Waals surface area (Å²) < 4.78 is 9.80. The van der Waals surface area contributed by atoms with E-state index in [0.29, 0.717) is 17.5 Å². The smallest absolute Gasteiger partial charge is 0.164 e. The van der Waals surface area contributed by atoms with E-state index in [1.807, 2.05) is 36.4 Å². The minimum atomic E-state index is 0.618. The van der Waals surface area contributed by atoms with Crippen molar-refractivity contribution in [1.82, 2.24) is 33.2 Å². The molecule has 11 aromatic carbocycles. The van der Waals surface area contributed by atoms with E-state index in [-0.39, 0.29) is 0 Å². The van der Waals surface area contributed by atoms with Crippen molar-refractivity contribution < 1.29 is 0 Å². The van der Waals surface area contributed by atoms with Crippen LogP contribution in [0.4, 0.5) is 0 Å². The molecule has 16 rings (SSSR count). The number of benzene rings is 11. The zero-order valence-corrected chi connectivity index (χ0v) is 41.0. The highest BCUT2D eigenvalue weighted by atomic mass is 15.1. The third-order valence-corrected chi connectivity index (χ3v) is 15.4. The Kier molecular flexibility index (Phi) is 9.20. The molecule has 354 valence electrons. The van der Waals surface area contributed by atoms with Gasteiger partial charge in [-0.05, 0) is 97.1 Å². The number of aromatic nitrogens is 7. The third-order valence-electron chi connectivity index (χ3n) is 15.4. The quantitative estimate of drug-likeness (QED) is 0.160. The summed E-state index contributed by atoms with van der Waals surface area (Å²) in [6, 6.07) is 93.4. The summed E-state index contributed by atoms with van der Waals surface area (Å²) in [6.07, 6.45) is 0. The van der Waals surface area contributed by atoms with E-state index in [4.69, 9.17) is 15.0 Å². The summed E-state index contributed by atoms with van der Waals surface area (Å²) in [6.45, 7) is 0. The number of hydrogen-bond donors (Lipinski definition) is 0. The topological polar surface area (TPSA) is 58.4 Å². The second kappa shape index (κ2) is 16.6. The molecule has 7 heteroatoms. The van der Waals surface area contributed by atoms with Crippen LogP contribution in [0.15, 0.2) is 261 Å². The van der Waals surface area contributed by atoms with E-state index >= 15 is 0 Å². The van der Waals surface area contributed by atoms with Crippen LogP contribution < -0.4 is 0 Å². The third kappa shape index (κ3) is 6.26. The highest BCUT2D eigenvalue weighted by molar-refractivity contribution is 6.28. The molecule has 0 saturated heterocycles. The van der Waals surface area contributed by atoms with Crippen LogP contribution >= 0.6 is 0 Å². The predicted molar refractivity (Wildman–Crippen MR) is 313 cm³/mol. The Morgan fingerprint density at radius 2 is 0.566 bits per heavy atom. The minimum absolute atomic E-state index is 0.618. The SMILES string of the molecule is c1ccc(-c2nc(-c3ccccc3)nc(-c3ccc4c(c3)c3ccc5c(c6ccccc6n5-c5ccccc5)c3n4-c3ccc4c(c3)c3ccc5c(c6ccccc6n5-c5ccccc5)c3n4-c3ccccc3)n2)cc1. The summed E-state index contributed by atoms with van der Waals surface area (Å²) in [5.41, 5.74) is 16.4. The van der Waals surface area contributed by atoms with E-state index in [1.54, 1.807) is 0 Å². The van der Waals surface area contributed by atoms with E-state index in [2.05, 4.69) is 243 Å². The number of para-hydroxylation sites is 5. The molecule has 16 aromatic rings. The Labute approximate surface area is 436 Å². The van der Waals surface area contributed by atoms with Crippen LogP contribution in [0.5, 0.6) is 0 Å². The minimum Gasteiger partial charge on any atom is -0.309 e. The van der Waals surface area contributed by atoms with Crippen molar-refractivity contribution in [2.75, 3.05) is 0 Å². The fourth-order valence-corrected chi connectivity index (χ4v) is 12.1. The molecular formula is C69H43N7. The summed E-state index contributed by atoms with van der Waals surface area (Å²) >= 11 is 0. The van der Waals surface area contributed by atoms with Crippen molar-refractivity contribution >= 4 is 87.2 Å². The summed E-state index contributed by atoms with van der Waals surface area (Å²) in [5.74, 6) is 1.88. The fourth-order valence-electron chi connectivity index (χ4n) is 12.1. The van der Waals surface area contributed by atoms with Gasteiger partial charge in [-0.25, -0.2) is 15.0 Å². The van der Waals surface area contributed by atoms with Gasteiger partial charge in [0.15, 0.2) is 17.5 Å².